The number of guanidine groups is 1. The van der Waals surface area contributed by atoms with Crippen molar-refractivity contribution < 1.29 is 4.74 Å². The first-order valence-corrected chi connectivity index (χ1v) is 9.37. The van der Waals surface area contributed by atoms with Gasteiger partial charge in [-0.05, 0) is 48.6 Å². The maximum atomic E-state index is 5.93. The molecule has 0 spiro atoms. The van der Waals surface area contributed by atoms with Crippen LogP contribution in [0.3, 0.4) is 0 Å². The highest BCUT2D eigenvalue weighted by atomic mass is 32.1. The Balaban J connectivity index is 1.47. The number of nitrogens with one attached hydrogen (secondary N) is 2. The second kappa shape index (κ2) is 6.49. The van der Waals surface area contributed by atoms with E-state index in [1.54, 1.807) is 11.3 Å². The zero-order valence-electron chi connectivity index (χ0n) is 13.4. The highest BCUT2D eigenvalue weighted by molar-refractivity contribution is 7.17. The van der Waals surface area contributed by atoms with Crippen LogP contribution in [0, 0.1) is 0 Å². The molecule has 3 atom stereocenters. The van der Waals surface area contributed by atoms with Crippen molar-refractivity contribution in [2.75, 3.05) is 6.54 Å². The monoisotopic (exact) mass is 329 g/mol. The van der Waals surface area contributed by atoms with Gasteiger partial charge in [-0.2, -0.15) is 0 Å². The van der Waals surface area contributed by atoms with E-state index in [4.69, 9.17) is 9.73 Å². The summed E-state index contributed by atoms with van der Waals surface area (Å²) in [4.78, 5) is 4.80. The number of nitrogens with zero attached hydrogens (tertiary/aromatic N) is 1. The maximum Gasteiger partial charge on any atom is 0.191 e. The maximum absolute atomic E-state index is 5.93. The minimum atomic E-state index is 0.367. The zero-order chi connectivity index (χ0) is 15.6. The normalized spacial score (nSPS) is 26.8. The van der Waals surface area contributed by atoms with Gasteiger partial charge in [-0.15, -0.1) is 11.3 Å². The lowest BCUT2D eigenvalue weighted by atomic mass is 9.96. The van der Waals surface area contributed by atoms with E-state index in [9.17, 15) is 0 Å². The van der Waals surface area contributed by atoms with Crippen molar-refractivity contribution in [1.82, 2.24) is 10.6 Å². The molecule has 4 nitrogen and oxygen atoms in total. The van der Waals surface area contributed by atoms with E-state index in [0.29, 0.717) is 24.8 Å². The van der Waals surface area contributed by atoms with Crippen LogP contribution in [0.25, 0.3) is 10.1 Å². The molecule has 0 amide bonds. The molecule has 3 unspecified atom stereocenters. The van der Waals surface area contributed by atoms with Gasteiger partial charge in [-0.25, -0.2) is 4.99 Å². The average Bonchev–Trinajstić information content (AvgIpc) is 3.28. The number of thiophene rings is 1. The van der Waals surface area contributed by atoms with Crippen LogP contribution in [0.4, 0.5) is 0 Å². The molecule has 4 rings (SSSR count). The van der Waals surface area contributed by atoms with E-state index in [2.05, 4.69) is 47.2 Å². The number of aliphatic imine (C=N–C) groups is 1. The fraction of sp³-hybridized carbons (Fsp3) is 0.500. The van der Waals surface area contributed by atoms with Crippen LogP contribution >= 0.6 is 11.3 Å². The zero-order valence-corrected chi connectivity index (χ0v) is 14.2. The SMILES string of the molecule is CCNC(=NCc1csc2ccccc12)NC1CC2CCC1O2. The van der Waals surface area contributed by atoms with Gasteiger partial charge in [0.2, 0.25) is 0 Å². The van der Waals surface area contributed by atoms with Crippen LogP contribution in [0.15, 0.2) is 34.6 Å². The van der Waals surface area contributed by atoms with Crippen molar-refractivity contribution in [1.29, 1.82) is 0 Å². The first-order chi connectivity index (χ1) is 11.3. The van der Waals surface area contributed by atoms with Crippen molar-refractivity contribution in [3.05, 3.63) is 35.2 Å². The van der Waals surface area contributed by atoms with Crippen molar-refractivity contribution >= 4 is 27.4 Å². The van der Waals surface area contributed by atoms with Gasteiger partial charge in [-0.1, -0.05) is 18.2 Å². The topological polar surface area (TPSA) is 45.7 Å². The summed E-state index contributed by atoms with van der Waals surface area (Å²) in [7, 11) is 0. The molecular formula is C18H23N3OS. The summed E-state index contributed by atoms with van der Waals surface area (Å²) in [6.07, 6.45) is 4.33. The van der Waals surface area contributed by atoms with E-state index in [1.165, 1.54) is 28.5 Å². The first-order valence-electron chi connectivity index (χ1n) is 8.49. The molecule has 2 saturated heterocycles. The van der Waals surface area contributed by atoms with Crippen molar-refractivity contribution in [3.8, 4) is 0 Å². The molecule has 1 aromatic heterocycles. The predicted octanol–water partition coefficient (Wildman–Crippen LogP) is 3.28. The second-order valence-electron chi connectivity index (χ2n) is 6.31. The van der Waals surface area contributed by atoms with Gasteiger partial charge < -0.3 is 15.4 Å². The van der Waals surface area contributed by atoms with Gasteiger partial charge >= 0.3 is 0 Å². The molecular weight excluding hydrogens is 306 g/mol. The standard InChI is InChI=1S/C18H23N3OS/c1-2-19-18(21-15-9-13-7-8-16(15)22-13)20-10-12-11-23-17-6-4-3-5-14(12)17/h3-6,11,13,15-16H,2,7-10H2,1H3,(H2,19,20,21). The predicted molar refractivity (Wildman–Crippen MR) is 96.1 cm³/mol. The molecule has 2 fully saturated rings. The van der Waals surface area contributed by atoms with Gasteiger partial charge in [0.05, 0.1) is 24.8 Å². The van der Waals surface area contributed by atoms with Gasteiger partial charge in [0.25, 0.3) is 0 Å². The Hall–Kier alpha value is -1.59. The Morgan fingerprint density at radius 2 is 2.26 bits per heavy atom. The first kappa shape index (κ1) is 15.0. The lowest BCUT2D eigenvalue weighted by Crippen LogP contribution is -2.47. The summed E-state index contributed by atoms with van der Waals surface area (Å²) in [5, 5.41) is 10.5. The van der Waals surface area contributed by atoms with Crippen LogP contribution in [-0.2, 0) is 11.3 Å². The van der Waals surface area contributed by atoms with E-state index in [0.717, 1.165) is 18.9 Å². The summed E-state index contributed by atoms with van der Waals surface area (Å²) in [6, 6.07) is 8.94. The third kappa shape index (κ3) is 3.08. The molecule has 0 saturated carbocycles. The van der Waals surface area contributed by atoms with Crippen LogP contribution in [0.1, 0.15) is 31.7 Å². The van der Waals surface area contributed by atoms with E-state index < -0.39 is 0 Å². The van der Waals surface area contributed by atoms with E-state index in [-0.39, 0.29) is 0 Å². The van der Waals surface area contributed by atoms with Gasteiger partial charge in [0.15, 0.2) is 5.96 Å². The van der Waals surface area contributed by atoms with Crippen LogP contribution in [0.5, 0.6) is 0 Å². The van der Waals surface area contributed by atoms with Gasteiger partial charge in [0, 0.05) is 11.2 Å². The molecule has 23 heavy (non-hydrogen) atoms. The smallest absolute Gasteiger partial charge is 0.191 e. The Morgan fingerprint density at radius 1 is 1.35 bits per heavy atom. The highest BCUT2D eigenvalue weighted by Gasteiger charge is 2.41. The van der Waals surface area contributed by atoms with Crippen molar-refractivity contribution in [2.24, 2.45) is 4.99 Å². The summed E-state index contributed by atoms with van der Waals surface area (Å²) >= 11 is 1.79. The number of ether oxygens (including phenoxy) is 1. The molecule has 0 radical (unpaired) electrons. The quantitative estimate of drug-likeness (QED) is 0.668. The third-order valence-electron chi connectivity index (χ3n) is 4.74. The highest BCUT2D eigenvalue weighted by Crippen LogP contribution is 2.34. The average molecular weight is 329 g/mol. The summed E-state index contributed by atoms with van der Waals surface area (Å²) in [5.41, 5.74) is 1.30. The minimum Gasteiger partial charge on any atom is -0.373 e. The molecule has 2 N–H and O–H groups in total. The summed E-state index contributed by atoms with van der Waals surface area (Å²) in [6.45, 7) is 3.69. The summed E-state index contributed by atoms with van der Waals surface area (Å²) < 4.78 is 7.26. The van der Waals surface area contributed by atoms with E-state index in [1.807, 2.05) is 0 Å². The fourth-order valence-corrected chi connectivity index (χ4v) is 4.56. The van der Waals surface area contributed by atoms with Crippen LogP contribution in [-0.4, -0.2) is 30.8 Å². The van der Waals surface area contributed by atoms with Crippen LogP contribution < -0.4 is 10.6 Å². The van der Waals surface area contributed by atoms with Crippen molar-refractivity contribution in [3.63, 3.8) is 0 Å². The summed E-state index contributed by atoms with van der Waals surface area (Å²) in [5.74, 6) is 0.906. The lowest BCUT2D eigenvalue weighted by Gasteiger charge is -2.22. The Kier molecular flexibility index (Phi) is 4.23. The molecule has 5 heteroatoms. The van der Waals surface area contributed by atoms with E-state index >= 15 is 0 Å². The molecule has 2 aliphatic rings. The molecule has 2 bridgehead atoms. The van der Waals surface area contributed by atoms with Gasteiger partial charge in [0.1, 0.15) is 0 Å². The molecule has 1 aromatic carbocycles. The molecule has 2 aliphatic heterocycles. The molecule has 2 aromatic rings. The lowest BCUT2D eigenvalue weighted by molar-refractivity contribution is 0.0992. The van der Waals surface area contributed by atoms with Crippen LogP contribution in [0.2, 0.25) is 0 Å². The molecule has 122 valence electrons. The molecule has 0 aliphatic carbocycles. The van der Waals surface area contributed by atoms with Crippen molar-refractivity contribution in [2.45, 2.75) is 51.0 Å². The minimum absolute atomic E-state index is 0.367. The number of rotatable bonds is 4. The van der Waals surface area contributed by atoms with Gasteiger partial charge in [-0.3, -0.25) is 0 Å². The second-order valence-corrected chi connectivity index (χ2v) is 7.22. The fourth-order valence-electron chi connectivity index (χ4n) is 3.60. The number of benzene rings is 1. The Bertz CT molecular complexity index is 711. The number of fused-ring (bicyclic) bond motifs is 3. The number of hydrogen-bond acceptors (Lipinski definition) is 3. The Labute approximate surface area is 140 Å². The number of hydrogen-bond donors (Lipinski definition) is 2. The Morgan fingerprint density at radius 3 is 3.04 bits per heavy atom. The third-order valence-corrected chi connectivity index (χ3v) is 5.75. The largest absolute Gasteiger partial charge is 0.373 e. The molecule has 3 heterocycles.